The molecule has 3 aromatic rings. The van der Waals surface area contributed by atoms with E-state index in [4.69, 9.17) is 4.98 Å². The van der Waals surface area contributed by atoms with Crippen LogP contribution >= 0.6 is 23.3 Å². The summed E-state index contributed by atoms with van der Waals surface area (Å²) >= 11 is 2.91. The van der Waals surface area contributed by atoms with Gasteiger partial charge < -0.3 is 10.4 Å². The van der Waals surface area contributed by atoms with Gasteiger partial charge in [-0.3, -0.25) is 9.52 Å². The van der Waals surface area contributed by atoms with Crippen LogP contribution in [0.15, 0.2) is 41.3 Å². The summed E-state index contributed by atoms with van der Waals surface area (Å²) in [6.45, 7) is 9.71. The van der Waals surface area contributed by atoms with E-state index in [1.165, 1.54) is 11.3 Å². The summed E-state index contributed by atoms with van der Waals surface area (Å²) in [6, 6.07) is 12.3. The Kier molecular flexibility index (Phi) is 8.52. The number of nitrogens with one attached hydrogen (secondary N) is 2. The molecule has 4 rings (SSSR count). The quantitative estimate of drug-likeness (QED) is 0.253. The lowest BCUT2D eigenvalue weighted by molar-refractivity contribution is -0.0457. The van der Waals surface area contributed by atoms with E-state index in [2.05, 4.69) is 55.1 Å². The standard InChI is InChI=1S/C29H37F2N3O2S2/c1-27(2,3)34-38-23-11-10-21(19-8-6-7-9-20(19)23)24-22(16-18-12-14-29(30,31)15-13-18)33-26(37-24)25(35)32-17-28(4,5)36/h6-11,18,34,36H,12-17H2,1-5H3,(H,32,35). The van der Waals surface area contributed by atoms with Gasteiger partial charge in [0.1, 0.15) is 0 Å². The highest BCUT2D eigenvalue weighted by molar-refractivity contribution is 7.97. The number of benzene rings is 2. The van der Waals surface area contributed by atoms with E-state index in [0.717, 1.165) is 31.8 Å². The van der Waals surface area contributed by atoms with E-state index in [9.17, 15) is 18.7 Å². The number of alkyl halides is 2. The molecule has 0 unspecified atom stereocenters. The van der Waals surface area contributed by atoms with Crippen molar-refractivity contribution in [2.75, 3.05) is 6.54 Å². The number of aromatic nitrogens is 1. The third-order valence-electron chi connectivity index (χ3n) is 6.49. The van der Waals surface area contributed by atoms with E-state index in [0.29, 0.717) is 24.3 Å². The van der Waals surface area contributed by atoms with Crippen molar-refractivity contribution in [3.8, 4) is 10.4 Å². The molecule has 0 atom stereocenters. The van der Waals surface area contributed by atoms with Crippen molar-refractivity contribution in [2.24, 2.45) is 5.92 Å². The van der Waals surface area contributed by atoms with Gasteiger partial charge in [-0.1, -0.05) is 30.3 Å². The monoisotopic (exact) mass is 561 g/mol. The SMILES string of the molecule is CC(C)(O)CNC(=O)c1nc(CC2CCC(F)(F)CC2)c(-c2ccc(SNC(C)(C)C)c3ccccc23)s1. The minimum Gasteiger partial charge on any atom is -0.389 e. The molecule has 2 aromatic carbocycles. The van der Waals surface area contributed by atoms with E-state index in [-0.39, 0.29) is 36.8 Å². The van der Waals surface area contributed by atoms with Crippen molar-refractivity contribution < 1.29 is 18.7 Å². The number of hydrogen-bond acceptors (Lipinski definition) is 6. The summed E-state index contributed by atoms with van der Waals surface area (Å²) in [5.74, 6) is -2.83. The molecule has 206 valence electrons. The summed E-state index contributed by atoms with van der Waals surface area (Å²) < 4.78 is 31.1. The summed E-state index contributed by atoms with van der Waals surface area (Å²) in [5.41, 5.74) is 0.654. The molecule has 1 saturated carbocycles. The highest BCUT2D eigenvalue weighted by atomic mass is 32.2. The smallest absolute Gasteiger partial charge is 0.280 e. The van der Waals surface area contributed by atoms with Crippen molar-refractivity contribution in [3.05, 3.63) is 47.1 Å². The predicted molar refractivity (Wildman–Crippen MR) is 153 cm³/mol. The highest BCUT2D eigenvalue weighted by Gasteiger charge is 2.35. The van der Waals surface area contributed by atoms with Crippen molar-refractivity contribution >= 4 is 40.0 Å². The fraction of sp³-hybridized carbons (Fsp3) is 0.517. The summed E-state index contributed by atoms with van der Waals surface area (Å²) in [7, 11) is 0. The third-order valence-corrected chi connectivity index (χ3v) is 8.91. The van der Waals surface area contributed by atoms with Gasteiger partial charge in [0.25, 0.3) is 5.91 Å². The summed E-state index contributed by atoms with van der Waals surface area (Å²) in [6.07, 6.45) is 1.23. The van der Waals surface area contributed by atoms with Crippen molar-refractivity contribution in [1.29, 1.82) is 0 Å². The van der Waals surface area contributed by atoms with Gasteiger partial charge in [-0.05, 0) is 88.6 Å². The Balaban J connectivity index is 1.72. The molecule has 5 nitrogen and oxygen atoms in total. The molecule has 3 N–H and O–H groups in total. The van der Waals surface area contributed by atoms with Crippen LogP contribution in [0.3, 0.4) is 0 Å². The number of rotatable bonds is 8. The van der Waals surface area contributed by atoms with Gasteiger partial charge in [0.2, 0.25) is 5.92 Å². The second-order valence-electron chi connectivity index (χ2n) is 11.9. The lowest BCUT2D eigenvalue weighted by Gasteiger charge is -2.28. The van der Waals surface area contributed by atoms with Gasteiger partial charge >= 0.3 is 0 Å². The number of aliphatic hydroxyl groups is 1. The molecule has 1 fully saturated rings. The van der Waals surface area contributed by atoms with Crippen molar-refractivity contribution in [3.63, 3.8) is 0 Å². The maximum atomic E-state index is 13.8. The fourth-order valence-corrected chi connectivity index (χ4v) is 6.40. The molecule has 1 heterocycles. The second-order valence-corrected chi connectivity index (χ2v) is 13.8. The molecule has 0 saturated heterocycles. The van der Waals surface area contributed by atoms with Crippen molar-refractivity contribution in [1.82, 2.24) is 15.0 Å². The topological polar surface area (TPSA) is 74.2 Å². The number of carbonyl (C=O) groups is 1. The van der Waals surface area contributed by atoms with Crippen LogP contribution in [-0.2, 0) is 6.42 Å². The molecule has 1 aliphatic rings. The number of carbonyl (C=O) groups excluding carboxylic acids is 1. The Hall–Kier alpha value is -2.07. The van der Waals surface area contributed by atoms with Crippen LogP contribution in [0.1, 0.15) is 75.8 Å². The van der Waals surface area contributed by atoms with Gasteiger partial charge in [-0.25, -0.2) is 13.8 Å². The molecular formula is C29H37F2N3O2S2. The fourth-order valence-electron chi connectivity index (χ4n) is 4.51. The van der Waals surface area contributed by atoms with Gasteiger partial charge in [0, 0.05) is 35.4 Å². The van der Waals surface area contributed by atoms with E-state index < -0.39 is 11.5 Å². The lowest BCUT2D eigenvalue weighted by Crippen LogP contribution is -2.38. The zero-order valence-electron chi connectivity index (χ0n) is 22.7. The highest BCUT2D eigenvalue weighted by Crippen LogP contribution is 2.42. The van der Waals surface area contributed by atoms with Crippen LogP contribution in [0.5, 0.6) is 0 Å². The molecule has 9 heteroatoms. The molecular weight excluding hydrogens is 524 g/mol. The average molecular weight is 562 g/mol. The van der Waals surface area contributed by atoms with Gasteiger partial charge in [-0.15, -0.1) is 11.3 Å². The van der Waals surface area contributed by atoms with E-state index >= 15 is 0 Å². The summed E-state index contributed by atoms with van der Waals surface area (Å²) in [4.78, 5) is 19.7. The third kappa shape index (κ3) is 7.52. The minimum atomic E-state index is -2.59. The molecule has 1 aliphatic carbocycles. The van der Waals surface area contributed by atoms with Crippen LogP contribution in [0.4, 0.5) is 8.78 Å². The molecule has 0 aliphatic heterocycles. The Morgan fingerprint density at radius 3 is 2.39 bits per heavy atom. The van der Waals surface area contributed by atoms with E-state index in [1.807, 2.05) is 12.1 Å². The zero-order chi connectivity index (χ0) is 27.7. The molecule has 38 heavy (non-hydrogen) atoms. The van der Waals surface area contributed by atoms with Crippen LogP contribution < -0.4 is 10.0 Å². The number of nitrogens with zero attached hydrogens (tertiary/aromatic N) is 1. The van der Waals surface area contributed by atoms with E-state index in [1.54, 1.807) is 25.8 Å². The Morgan fingerprint density at radius 2 is 1.76 bits per heavy atom. The first-order valence-electron chi connectivity index (χ1n) is 13.0. The first kappa shape index (κ1) is 28.9. The lowest BCUT2D eigenvalue weighted by atomic mass is 9.83. The Bertz CT molecular complexity index is 1290. The summed E-state index contributed by atoms with van der Waals surface area (Å²) in [5, 5.41) is 15.3. The molecule has 1 amide bonds. The van der Waals surface area contributed by atoms with Crippen LogP contribution in [0.2, 0.25) is 0 Å². The largest absolute Gasteiger partial charge is 0.389 e. The van der Waals surface area contributed by atoms with Crippen LogP contribution in [0, 0.1) is 5.92 Å². The maximum absolute atomic E-state index is 13.8. The first-order valence-corrected chi connectivity index (χ1v) is 14.7. The number of hydrogen-bond donors (Lipinski definition) is 3. The molecule has 0 spiro atoms. The molecule has 0 bridgehead atoms. The van der Waals surface area contributed by atoms with Gasteiger partial charge in [0.15, 0.2) is 5.01 Å². The molecule has 1 aromatic heterocycles. The number of fused-ring (bicyclic) bond motifs is 1. The van der Waals surface area contributed by atoms with Crippen molar-refractivity contribution in [2.45, 2.75) is 88.7 Å². The number of amides is 1. The second kappa shape index (κ2) is 11.2. The normalized spacial score (nSPS) is 16.6. The Morgan fingerprint density at radius 1 is 1.11 bits per heavy atom. The first-order chi connectivity index (χ1) is 17.7. The minimum absolute atomic E-state index is 0.0581. The molecule has 0 radical (unpaired) electrons. The predicted octanol–water partition coefficient (Wildman–Crippen LogP) is 7.23. The van der Waals surface area contributed by atoms with Gasteiger partial charge in [0.05, 0.1) is 16.2 Å². The zero-order valence-corrected chi connectivity index (χ0v) is 24.3. The van der Waals surface area contributed by atoms with Crippen LogP contribution in [0.25, 0.3) is 21.2 Å². The number of halogens is 2. The van der Waals surface area contributed by atoms with Gasteiger partial charge in [-0.2, -0.15) is 0 Å². The number of thiazole rings is 1. The maximum Gasteiger partial charge on any atom is 0.280 e. The Labute approximate surface area is 232 Å². The average Bonchev–Trinajstić information content (AvgIpc) is 3.25. The van der Waals surface area contributed by atoms with Crippen LogP contribution in [-0.4, -0.2) is 39.6 Å².